The Kier molecular flexibility index (Phi) is 4.05. The van der Waals surface area contributed by atoms with E-state index in [1.165, 1.54) is 12.5 Å². The number of esters is 1. The fourth-order valence-corrected chi connectivity index (χ4v) is 2.71. The molecule has 3 aromatic rings. The molecule has 5 nitrogen and oxygen atoms in total. The summed E-state index contributed by atoms with van der Waals surface area (Å²) in [6.45, 7) is 3.61. The first-order chi connectivity index (χ1) is 11.0. The van der Waals surface area contributed by atoms with Crippen molar-refractivity contribution >= 4 is 28.5 Å². The van der Waals surface area contributed by atoms with Crippen LogP contribution >= 0.6 is 11.6 Å². The lowest BCUT2D eigenvalue weighted by molar-refractivity contribution is 0.0378. The first-order valence-corrected chi connectivity index (χ1v) is 7.62. The molecule has 0 aliphatic rings. The number of aromatic nitrogens is 3. The Morgan fingerprint density at radius 3 is 2.87 bits per heavy atom. The number of fused-ring (bicyclic) bond motifs is 1. The Bertz CT molecular complexity index is 887. The van der Waals surface area contributed by atoms with Gasteiger partial charge in [0.2, 0.25) is 0 Å². The van der Waals surface area contributed by atoms with Gasteiger partial charge in [0, 0.05) is 29.7 Å². The van der Waals surface area contributed by atoms with Crippen LogP contribution in [0.1, 0.15) is 24.2 Å². The molecule has 0 bridgehead atoms. The van der Waals surface area contributed by atoms with E-state index >= 15 is 0 Å². The number of benzene rings is 1. The highest BCUT2D eigenvalue weighted by Crippen LogP contribution is 2.32. The highest BCUT2D eigenvalue weighted by atomic mass is 35.5. The molecular formula is C17H16ClN3O2. The molecule has 0 N–H and O–H groups in total. The number of carbonyl (C=O) groups is 1. The Balaban J connectivity index is 2.20. The van der Waals surface area contributed by atoms with Crippen LogP contribution in [0, 0.1) is 0 Å². The second-order valence-electron chi connectivity index (χ2n) is 5.50. The van der Waals surface area contributed by atoms with Gasteiger partial charge in [-0.15, -0.1) is 0 Å². The maximum Gasteiger partial charge on any atom is 0.342 e. The van der Waals surface area contributed by atoms with Crippen LogP contribution < -0.4 is 0 Å². The summed E-state index contributed by atoms with van der Waals surface area (Å²) in [6.07, 6.45) is 2.69. The summed E-state index contributed by atoms with van der Waals surface area (Å²) in [6, 6.07) is 7.66. The molecule has 118 valence electrons. The van der Waals surface area contributed by atoms with Gasteiger partial charge < -0.3 is 9.30 Å². The zero-order valence-electron chi connectivity index (χ0n) is 13.1. The number of hydrogen-bond donors (Lipinski definition) is 0. The third-order valence-electron chi connectivity index (χ3n) is 3.56. The number of hydrogen-bond acceptors (Lipinski definition) is 4. The second-order valence-corrected chi connectivity index (χ2v) is 5.89. The average Bonchev–Trinajstić information content (AvgIpc) is 2.82. The quantitative estimate of drug-likeness (QED) is 0.685. The second kappa shape index (κ2) is 6.01. The fourth-order valence-electron chi connectivity index (χ4n) is 2.51. The number of ether oxygens (including phenoxy) is 1. The van der Waals surface area contributed by atoms with Gasteiger partial charge in [0.15, 0.2) is 0 Å². The summed E-state index contributed by atoms with van der Waals surface area (Å²) in [5.41, 5.74) is 2.67. The van der Waals surface area contributed by atoms with E-state index in [2.05, 4.69) is 9.97 Å². The molecule has 23 heavy (non-hydrogen) atoms. The summed E-state index contributed by atoms with van der Waals surface area (Å²) in [5, 5.41) is 1.55. The lowest BCUT2D eigenvalue weighted by atomic mass is 10.0. The highest BCUT2D eigenvalue weighted by Gasteiger charge is 2.19. The van der Waals surface area contributed by atoms with E-state index in [0.717, 1.165) is 16.5 Å². The molecule has 0 unspecified atom stereocenters. The third kappa shape index (κ3) is 2.80. The molecule has 0 atom stereocenters. The van der Waals surface area contributed by atoms with Crippen LogP contribution in [-0.4, -0.2) is 26.6 Å². The molecule has 0 fully saturated rings. The van der Waals surface area contributed by atoms with Crippen molar-refractivity contribution < 1.29 is 9.53 Å². The van der Waals surface area contributed by atoms with Gasteiger partial charge in [0.05, 0.1) is 11.8 Å². The van der Waals surface area contributed by atoms with E-state index in [1.54, 1.807) is 13.8 Å². The maximum atomic E-state index is 12.3. The van der Waals surface area contributed by atoms with Gasteiger partial charge >= 0.3 is 5.97 Å². The molecule has 3 rings (SSSR count). The third-order valence-corrected chi connectivity index (χ3v) is 3.92. The molecule has 6 heteroatoms. The monoisotopic (exact) mass is 329 g/mol. The minimum absolute atomic E-state index is 0.211. The largest absolute Gasteiger partial charge is 0.459 e. The van der Waals surface area contributed by atoms with Gasteiger partial charge in [-0.2, -0.15) is 0 Å². The molecule has 0 aliphatic heterocycles. The van der Waals surface area contributed by atoms with Gasteiger partial charge in [-0.05, 0) is 26.0 Å². The van der Waals surface area contributed by atoms with Gasteiger partial charge in [-0.25, -0.2) is 14.8 Å². The summed E-state index contributed by atoms with van der Waals surface area (Å²) in [5.74, 6) is -0.436. The normalized spacial score (nSPS) is 11.2. The molecule has 0 saturated heterocycles. The number of nitrogens with zero attached hydrogens (tertiary/aromatic N) is 3. The van der Waals surface area contributed by atoms with Crippen LogP contribution in [-0.2, 0) is 11.8 Å². The number of halogens is 1. The van der Waals surface area contributed by atoms with Crippen LogP contribution in [0.3, 0.4) is 0 Å². The van der Waals surface area contributed by atoms with E-state index in [-0.39, 0.29) is 6.10 Å². The average molecular weight is 330 g/mol. The topological polar surface area (TPSA) is 57.0 Å². The van der Waals surface area contributed by atoms with Crippen molar-refractivity contribution in [2.24, 2.45) is 7.05 Å². The van der Waals surface area contributed by atoms with E-state index < -0.39 is 5.97 Å². The van der Waals surface area contributed by atoms with Crippen LogP contribution in [0.2, 0.25) is 5.15 Å². The predicted octanol–water partition coefficient (Wildman–Crippen LogP) is 3.85. The van der Waals surface area contributed by atoms with Crippen LogP contribution in [0.15, 0.2) is 36.8 Å². The molecule has 1 aromatic carbocycles. The van der Waals surface area contributed by atoms with Gasteiger partial charge in [0.25, 0.3) is 0 Å². The van der Waals surface area contributed by atoms with Gasteiger partial charge in [-0.3, -0.25) is 0 Å². The van der Waals surface area contributed by atoms with Gasteiger partial charge in [0.1, 0.15) is 17.0 Å². The highest BCUT2D eigenvalue weighted by molar-refractivity contribution is 6.31. The van der Waals surface area contributed by atoms with Crippen molar-refractivity contribution in [1.82, 2.24) is 14.5 Å². The van der Waals surface area contributed by atoms with Crippen molar-refractivity contribution in [2.75, 3.05) is 0 Å². The van der Waals surface area contributed by atoms with E-state index in [4.69, 9.17) is 16.3 Å². The number of aryl methyl sites for hydroxylation is 1. The fraction of sp³-hybridized carbons (Fsp3) is 0.235. The molecule has 0 amide bonds. The standard InChI is InChI=1S/C17H16ClN3O2/c1-10(2)23-17(22)13-8-19-9-20-16(13)11-5-4-6-14-12(11)7-15(18)21(14)3/h4-10H,1-3H3. The zero-order chi connectivity index (χ0) is 16.6. The SMILES string of the molecule is CC(C)OC(=O)c1cncnc1-c1cccc2c1cc(Cl)n2C. The summed E-state index contributed by atoms with van der Waals surface area (Å²) in [4.78, 5) is 20.6. The summed E-state index contributed by atoms with van der Waals surface area (Å²) >= 11 is 6.22. The predicted molar refractivity (Wildman–Crippen MR) is 89.5 cm³/mol. The Labute approximate surface area is 138 Å². The lowest BCUT2D eigenvalue weighted by Crippen LogP contribution is -2.13. The van der Waals surface area contributed by atoms with E-state index in [9.17, 15) is 4.79 Å². The first kappa shape index (κ1) is 15.5. The van der Waals surface area contributed by atoms with Crippen molar-refractivity contribution in [2.45, 2.75) is 20.0 Å². The molecule has 0 aliphatic carbocycles. The number of carbonyl (C=O) groups excluding carboxylic acids is 1. The van der Waals surface area contributed by atoms with Crippen molar-refractivity contribution in [3.63, 3.8) is 0 Å². The molecule has 0 radical (unpaired) electrons. The summed E-state index contributed by atoms with van der Waals surface area (Å²) in [7, 11) is 1.89. The minimum atomic E-state index is -0.436. The Morgan fingerprint density at radius 1 is 1.35 bits per heavy atom. The molecule has 2 aromatic heterocycles. The molecule has 0 spiro atoms. The summed E-state index contributed by atoms with van der Waals surface area (Å²) < 4.78 is 7.17. The minimum Gasteiger partial charge on any atom is -0.459 e. The zero-order valence-corrected chi connectivity index (χ0v) is 13.8. The van der Waals surface area contributed by atoms with Crippen LogP contribution in [0.5, 0.6) is 0 Å². The lowest BCUT2D eigenvalue weighted by Gasteiger charge is -2.11. The van der Waals surface area contributed by atoms with Crippen molar-refractivity contribution in [1.29, 1.82) is 0 Å². The van der Waals surface area contributed by atoms with Gasteiger partial charge in [-0.1, -0.05) is 23.7 Å². The van der Waals surface area contributed by atoms with Crippen molar-refractivity contribution in [3.8, 4) is 11.3 Å². The first-order valence-electron chi connectivity index (χ1n) is 7.24. The smallest absolute Gasteiger partial charge is 0.342 e. The molecular weight excluding hydrogens is 314 g/mol. The Hall–Kier alpha value is -2.40. The number of rotatable bonds is 3. The van der Waals surface area contributed by atoms with E-state index in [0.29, 0.717) is 16.4 Å². The van der Waals surface area contributed by atoms with E-state index in [1.807, 2.05) is 35.9 Å². The maximum absolute atomic E-state index is 12.3. The molecule has 0 saturated carbocycles. The van der Waals surface area contributed by atoms with Crippen LogP contribution in [0.4, 0.5) is 0 Å². The Morgan fingerprint density at radius 2 is 2.13 bits per heavy atom. The van der Waals surface area contributed by atoms with Crippen LogP contribution in [0.25, 0.3) is 22.2 Å². The molecule has 2 heterocycles. The van der Waals surface area contributed by atoms with Crippen molar-refractivity contribution in [3.05, 3.63) is 47.5 Å².